The molecule has 0 saturated heterocycles. The normalized spacial score (nSPS) is 21.8. The standard InChI is InChI=1S/C8H7BrN2O/c9-6-2-4-11-7(5-6)10-3-1-8(11)12/h2,4-5H,1,3H2. The minimum Gasteiger partial charge on any atom is -0.274 e. The Labute approximate surface area is 78.6 Å². The quantitative estimate of drug-likeness (QED) is 0.616. The van der Waals surface area contributed by atoms with Crippen molar-refractivity contribution in [1.29, 1.82) is 0 Å². The fourth-order valence-electron chi connectivity index (χ4n) is 1.18. The van der Waals surface area contributed by atoms with Gasteiger partial charge in [0, 0.05) is 17.1 Å². The van der Waals surface area contributed by atoms with Gasteiger partial charge in [0.15, 0.2) is 0 Å². The van der Waals surface area contributed by atoms with Crippen LogP contribution < -0.4 is 0 Å². The summed E-state index contributed by atoms with van der Waals surface area (Å²) in [6, 6.07) is 0. The van der Waals surface area contributed by atoms with Crippen molar-refractivity contribution in [2.45, 2.75) is 6.42 Å². The Hall–Kier alpha value is -0.900. The summed E-state index contributed by atoms with van der Waals surface area (Å²) in [7, 11) is 0. The van der Waals surface area contributed by atoms with Gasteiger partial charge in [-0.05, 0) is 12.2 Å². The topological polar surface area (TPSA) is 32.7 Å². The molecule has 0 saturated carbocycles. The number of allylic oxidation sites excluding steroid dienone is 2. The first-order chi connectivity index (χ1) is 5.77. The van der Waals surface area contributed by atoms with Gasteiger partial charge >= 0.3 is 0 Å². The number of aliphatic imine (C=N–C) groups is 1. The third-order valence-corrected chi connectivity index (χ3v) is 2.26. The van der Waals surface area contributed by atoms with Crippen LogP contribution in [0.1, 0.15) is 6.42 Å². The van der Waals surface area contributed by atoms with Crippen molar-refractivity contribution in [2.75, 3.05) is 6.54 Å². The Balaban J connectivity index is 2.37. The van der Waals surface area contributed by atoms with E-state index in [9.17, 15) is 4.79 Å². The molecule has 0 aromatic heterocycles. The highest BCUT2D eigenvalue weighted by Crippen LogP contribution is 2.17. The van der Waals surface area contributed by atoms with Crippen LogP contribution in [0.25, 0.3) is 0 Å². The van der Waals surface area contributed by atoms with Crippen LogP contribution in [0.3, 0.4) is 0 Å². The number of carbonyl (C=O) groups is 1. The molecule has 0 fully saturated rings. The summed E-state index contributed by atoms with van der Waals surface area (Å²) in [6.07, 6.45) is 5.93. The molecular weight excluding hydrogens is 220 g/mol. The van der Waals surface area contributed by atoms with Gasteiger partial charge in [-0.15, -0.1) is 0 Å². The summed E-state index contributed by atoms with van der Waals surface area (Å²) in [5.74, 6) is 0.855. The monoisotopic (exact) mass is 226 g/mol. The SMILES string of the molecule is O=C1CCN=C2C=C(Br)C=CN12. The van der Waals surface area contributed by atoms with E-state index in [-0.39, 0.29) is 5.91 Å². The molecule has 62 valence electrons. The molecule has 4 heteroatoms. The minimum atomic E-state index is 0.118. The lowest BCUT2D eigenvalue weighted by molar-refractivity contribution is -0.125. The van der Waals surface area contributed by atoms with Gasteiger partial charge in [0.1, 0.15) is 5.84 Å². The highest BCUT2D eigenvalue weighted by atomic mass is 79.9. The number of halogens is 1. The molecule has 2 aliphatic rings. The molecule has 1 amide bonds. The average Bonchev–Trinajstić information content (AvgIpc) is 2.04. The molecule has 2 heterocycles. The van der Waals surface area contributed by atoms with Crippen LogP contribution in [0.2, 0.25) is 0 Å². The van der Waals surface area contributed by atoms with E-state index in [4.69, 9.17) is 0 Å². The van der Waals surface area contributed by atoms with E-state index >= 15 is 0 Å². The Morgan fingerprint density at radius 1 is 1.58 bits per heavy atom. The van der Waals surface area contributed by atoms with E-state index in [1.807, 2.05) is 12.2 Å². The van der Waals surface area contributed by atoms with Crippen molar-refractivity contribution in [2.24, 2.45) is 4.99 Å². The zero-order chi connectivity index (χ0) is 8.55. The number of carbonyl (C=O) groups excluding carboxylic acids is 1. The average molecular weight is 227 g/mol. The van der Waals surface area contributed by atoms with Crippen molar-refractivity contribution in [3.8, 4) is 0 Å². The summed E-state index contributed by atoms with van der Waals surface area (Å²) in [4.78, 5) is 17.1. The van der Waals surface area contributed by atoms with Crippen LogP contribution in [-0.4, -0.2) is 23.2 Å². The number of hydrogen-bond acceptors (Lipinski definition) is 2. The van der Waals surface area contributed by atoms with Crippen LogP contribution in [-0.2, 0) is 4.79 Å². The predicted octanol–water partition coefficient (Wildman–Crippen LogP) is 1.42. The van der Waals surface area contributed by atoms with E-state index in [0.29, 0.717) is 13.0 Å². The number of nitrogens with zero attached hydrogens (tertiary/aromatic N) is 2. The molecule has 0 aromatic rings. The van der Waals surface area contributed by atoms with Crippen molar-refractivity contribution in [1.82, 2.24) is 4.90 Å². The zero-order valence-corrected chi connectivity index (χ0v) is 7.91. The lowest BCUT2D eigenvalue weighted by atomic mass is 10.2. The lowest BCUT2D eigenvalue weighted by Gasteiger charge is -2.24. The molecule has 2 aliphatic heterocycles. The van der Waals surface area contributed by atoms with Gasteiger partial charge in [-0.3, -0.25) is 14.7 Å². The van der Waals surface area contributed by atoms with Gasteiger partial charge < -0.3 is 0 Å². The molecule has 0 bridgehead atoms. The van der Waals surface area contributed by atoms with Crippen LogP contribution in [0.4, 0.5) is 0 Å². The summed E-state index contributed by atoms with van der Waals surface area (Å²) >= 11 is 3.33. The Kier molecular flexibility index (Phi) is 1.84. The van der Waals surface area contributed by atoms with Gasteiger partial charge in [0.25, 0.3) is 0 Å². The largest absolute Gasteiger partial charge is 0.274 e. The Bertz CT molecular complexity index is 317. The van der Waals surface area contributed by atoms with Gasteiger partial charge in [-0.2, -0.15) is 0 Å². The second-order valence-corrected chi connectivity index (χ2v) is 3.51. The highest BCUT2D eigenvalue weighted by molar-refractivity contribution is 9.11. The van der Waals surface area contributed by atoms with Crippen molar-refractivity contribution in [3.05, 3.63) is 22.8 Å². The van der Waals surface area contributed by atoms with Crippen LogP contribution >= 0.6 is 15.9 Å². The molecule has 0 spiro atoms. The predicted molar refractivity (Wildman–Crippen MR) is 49.9 cm³/mol. The smallest absolute Gasteiger partial charge is 0.234 e. The molecule has 3 nitrogen and oxygen atoms in total. The van der Waals surface area contributed by atoms with Crippen molar-refractivity contribution < 1.29 is 4.79 Å². The van der Waals surface area contributed by atoms with Gasteiger partial charge in [0.2, 0.25) is 5.91 Å². The maximum Gasteiger partial charge on any atom is 0.234 e. The zero-order valence-electron chi connectivity index (χ0n) is 6.33. The first-order valence-corrected chi connectivity index (χ1v) is 4.48. The third-order valence-electron chi connectivity index (χ3n) is 1.76. The lowest BCUT2D eigenvalue weighted by Crippen LogP contribution is -2.36. The number of hydrogen-bond donors (Lipinski definition) is 0. The maximum absolute atomic E-state index is 11.3. The summed E-state index contributed by atoms with van der Waals surface area (Å²) in [5.41, 5.74) is 0. The van der Waals surface area contributed by atoms with E-state index in [1.54, 1.807) is 11.1 Å². The Morgan fingerprint density at radius 2 is 2.42 bits per heavy atom. The van der Waals surface area contributed by atoms with Crippen LogP contribution in [0.15, 0.2) is 27.8 Å². The van der Waals surface area contributed by atoms with E-state index < -0.39 is 0 Å². The summed E-state index contributed by atoms with van der Waals surface area (Å²) in [6.45, 7) is 0.606. The first kappa shape index (κ1) is 7.73. The van der Waals surface area contributed by atoms with Crippen molar-refractivity contribution in [3.63, 3.8) is 0 Å². The molecule has 0 aromatic carbocycles. The Morgan fingerprint density at radius 3 is 3.25 bits per heavy atom. The molecule has 0 unspecified atom stereocenters. The molecular formula is C8H7BrN2O. The molecule has 0 radical (unpaired) electrons. The number of amides is 1. The van der Waals surface area contributed by atoms with E-state index in [2.05, 4.69) is 20.9 Å². The fraction of sp³-hybridized carbons (Fsp3) is 0.250. The maximum atomic E-state index is 11.3. The fourth-order valence-corrected chi connectivity index (χ4v) is 1.51. The molecule has 0 aliphatic carbocycles. The van der Waals surface area contributed by atoms with Crippen molar-refractivity contribution >= 4 is 27.7 Å². The van der Waals surface area contributed by atoms with Crippen LogP contribution in [0.5, 0.6) is 0 Å². The van der Waals surface area contributed by atoms with E-state index in [1.165, 1.54) is 0 Å². The van der Waals surface area contributed by atoms with Gasteiger partial charge in [-0.1, -0.05) is 15.9 Å². The third kappa shape index (κ3) is 1.22. The number of fused-ring (bicyclic) bond motifs is 1. The van der Waals surface area contributed by atoms with Crippen LogP contribution in [0, 0.1) is 0 Å². The number of amidine groups is 1. The molecule has 0 N–H and O–H groups in total. The second-order valence-electron chi connectivity index (χ2n) is 2.60. The summed E-state index contributed by atoms with van der Waals surface area (Å²) in [5, 5.41) is 0. The minimum absolute atomic E-state index is 0.118. The van der Waals surface area contributed by atoms with E-state index in [0.717, 1.165) is 10.3 Å². The second kappa shape index (κ2) is 2.86. The number of rotatable bonds is 0. The molecule has 0 atom stereocenters. The highest BCUT2D eigenvalue weighted by Gasteiger charge is 2.21. The first-order valence-electron chi connectivity index (χ1n) is 3.69. The molecule has 2 rings (SSSR count). The summed E-state index contributed by atoms with van der Waals surface area (Å²) < 4.78 is 0.951. The molecule has 12 heavy (non-hydrogen) atoms. The van der Waals surface area contributed by atoms with Gasteiger partial charge in [-0.25, -0.2) is 0 Å². The van der Waals surface area contributed by atoms with Gasteiger partial charge in [0.05, 0.1) is 6.54 Å².